The quantitative estimate of drug-likeness (QED) is 0.144. The fourth-order valence-electron chi connectivity index (χ4n) is 11.5. The van der Waals surface area contributed by atoms with Gasteiger partial charge in [0.1, 0.15) is 0 Å². The zero-order valence-electron chi connectivity index (χ0n) is 35.9. The second-order valence-electron chi connectivity index (χ2n) is 17.7. The molecule has 0 bridgehead atoms. The molecule has 65 heavy (non-hydrogen) atoms. The Kier molecular flexibility index (Phi) is 8.61. The molecule has 0 saturated heterocycles. The lowest BCUT2D eigenvalue weighted by atomic mass is 9.74. The lowest BCUT2D eigenvalue weighted by molar-refractivity contribution is 0.714. The summed E-state index contributed by atoms with van der Waals surface area (Å²) in [6, 6.07) is 91.2. The molecule has 0 saturated carbocycles. The summed E-state index contributed by atoms with van der Waals surface area (Å²) in [4.78, 5) is 2.45. The van der Waals surface area contributed by atoms with Gasteiger partial charge >= 0.3 is 0 Å². The number of hydrogen-bond acceptors (Lipinski definition) is 2. The highest BCUT2D eigenvalue weighted by molar-refractivity contribution is 7.26. The molecule has 13 rings (SSSR count). The zero-order valence-corrected chi connectivity index (χ0v) is 37.8. The molecular weight excluding hydrogens is 819 g/mol. The molecule has 2 heterocycles. The lowest BCUT2D eigenvalue weighted by Gasteiger charge is -2.32. The summed E-state index contributed by atoms with van der Waals surface area (Å²) in [5.74, 6) is 0. The van der Waals surface area contributed by atoms with Crippen LogP contribution in [0.5, 0.6) is 0 Å². The third-order valence-corrected chi connectivity index (χ3v) is 20.4. The Morgan fingerprint density at radius 2 is 0.923 bits per heavy atom. The molecule has 10 aromatic carbocycles. The van der Waals surface area contributed by atoms with Crippen molar-refractivity contribution in [3.05, 3.63) is 259 Å². The largest absolute Gasteiger partial charge is 0.310 e. The van der Waals surface area contributed by atoms with Gasteiger partial charge in [0.2, 0.25) is 0 Å². The number of hydrogen-bond donors (Lipinski definition) is 0. The molecule has 1 nitrogen and oxygen atoms in total. The minimum Gasteiger partial charge on any atom is -0.310 e. The van der Waals surface area contributed by atoms with Crippen LogP contribution in [-0.4, -0.2) is 8.07 Å². The van der Waals surface area contributed by atoms with Crippen LogP contribution in [0.15, 0.2) is 243 Å². The van der Waals surface area contributed by atoms with Crippen molar-refractivity contribution in [3.63, 3.8) is 0 Å². The van der Waals surface area contributed by atoms with Gasteiger partial charge in [-0.3, -0.25) is 0 Å². The molecule has 0 atom stereocenters. The second-order valence-corrected chi connectivity index (χ2v) is 22.5. The topological polar surface area (TPSA) is 3.24 Å². The third kappa shape index (κ3) is 5.62. The first-order valence-electron chi connectivity index (χ1n) is 22.6. The van der Waals surface area contributed by atoms with E-state index in [9.17, 15) is 0 Å². The molecule has 2 aliphatic rings. The van der Waals surface area contributed by atoms with E-state index in [1.807, 2.05) is 11.3 Å². The second kappa shape index (κ2) is 14.8. The minimum absolute atomic E-state index is 0.306. The van der Waals surface area contributed by atoms with Crippen molar-refractivity contribution in [2.24, 2.45) is 0 Å². The molecule has 0 radical (unpaired) electrons. The van der Waals surface area contributed by atoms with Crippen LogP contribution in [0, 0.1) is 0 Å². The summed E-state index contributed by atoms with van der Waals surface area (Å²) in [6.45, 7) is 2.40. The van der Waals surface area contributed by atoms with Crippen LogP contribution in [0.2, 0.25) is 0 Å². The molecular formula is C62H43NSSi. The van der Waals surface area contributed by atoms with Crippen molar-refractivity contribution in [3.8, 4) is 33.4 Å². The first-order valence-corrected chi connectivity index (χ1v) is 25.4. The van der Waals surface area contributed by atoms with E-state index in [4.69, 9.17) is 0 Å². The SMILES string of the molecule is CC1(c2cccc(N(c3ccc(-c4cccc([Si]5(c6ccccc6)c6ccccc6-c6ccccc65)c4)cc3)c3ccc4c(c3)sc3ccccc34)c2)c2ccccc2-c2ccccc21. The Morgan fingerprint density at radius 3 is 1.65 bits per heavy atom. The van der Waals surface area contributed by atoms with Crippen molar-refractivity contribution in [1.82, 2.24) is 0 Å². The van der Waals surface area contributed by atoms with Gasteiger partial charge in [0.25, 0.3) is 0 Å². The summed E-state index contributed by atoms with van der Waals surface area (Å²) < 4.78 is 2.60. The van der Waals surface area contributed by atoms with Crippen molar-refractivity contribution in [2.45, 2.75) is 12.3 Å². The van der Waals surface area contributed by atoms with Crippen molar-refractivity contribution >= 4 is 77.4 Å². The predicted molar refractivity (Wildman–Crippen MR) is 279 cm³/mol. The van der Waals surface area contributed by atoms with Crippen LogP contribution in [0.1, 0.15) is 23.6 Å². The fraction of sp³-hybridized carbons (Fsp3) is 0.0323. The summed E-state index contributed by atoms with van der Waals surface area (Å²) >= 11 is 1.87. The van der Waals surface area contributed by atoms with Crippen LogP contribution in [-0.2, 0) is 5.41 Å². The fourth-order valence-corrected chi connectivity index (χ4v) is 17.8. The first-order chi connectivity index (χ1) is 32.1. The molecule has 11 aromatic rings. The Morgan fingerprint density at radius 1 is 0.369 bits per heavy atom. The van der Waals surface area contributed by atoms with Crippen LogP contribution in [0.4, 0.5) is 17.1 Å². The van der Waals surface area contributed by atoms with Crippen LogP contribution < -0.4 is 25.6 Å². The molecule has 1 aliphatic carbocycles. The number of benzene rings is 10. The van der Waals surface area contributed by atoms with Gasteiger partial charge in [-0.2, -0.15) is 0 Å². The monoisotopic (exact) mass is 861 g/mol. The standard InChI is InChI=1S/C62H43NSSi/c1-62(56-28-10-5-23-50(56)51-24-6-11-29-57(51)62)44-18-16-19-46(40-44)63(47-37-38-53-52-25-7-12-30-58(52)64-59(53)41-47)45-35-33-42(34-36-45)43-17-15-22-49(39-43)65(48-20-3-2-4-21-48)60-31-13-8-26-54(60)55-27-9-14-32-61(55)65/h2-41H,1H3. The van der Waals surface area contributed by atoms with Gasteiger partial charge in [0.15, 0.2) is 8.07 Å². The van der Waals surface area contributed by atoms with E-state index in [0.29, 0.717) is 0 Å². The highest BCUT2D eigenvalue weighted by Crippen LogP contribution is 2.53. The molecule has 0 spiro atoms. The average Bonchev–Trinajstić information content (AvgIpc) is 3.99. The average molecular weight is 862 g/mol. The lowest BCUT2D eigenvalue weighted by Crippen LogP contribution is -2.72. The normalized spacial score (nSPS) is 13.9. The maximum atomic E-state index is 2.49. The van der Waals surface area contributed by atoms with Crippen molar-refractivity contribution < 1.29 is 0 Å². The third-order valence-electron chi connectivity index (χ3n) is 14.4. The Labute approximate surface area is 385 Å². The molecule has 1 aromatic heterocycles. The van der Waals surface area contributed by atoms with E-state index < -0.39 is 8.07 Å². The molecule has 1 aliphatic heterocycles. The van der Waals surface area contributed by atoms with Gasteiger partial charge in [-0.15, -0.1) is 11.3 Å². The first kappa shape index (κ1) is 37.9. The van der Waals surface area contributed by atoms with Crippen molar-refractivity contribution in [2.75, 3.05) is 4.90 Å². The van der Waals surface area contributed by atoms with E-state index in [1.54, 1.807) is 0 Å². The van der Waals surface area contributed by atoms with Gasteiger partial charge in [-0.25, -0.2) is 0 Å². The van der Waals surface area contributed by atoms with E-state index in [-0.39, 0.29) is 5.41 Å². The van der Waals surface area contributed by atoms with E-state index in [0.717, 1.165) is 17.1 Å². The smallest absolute Gasteiger partial charge is 0.180 e. The molecule has 306 valence electrons. The number of anilines is 3. The van der Waals surface area contributed by atoms with E-state index >= 15 is 0 Å². The highest BCUT2D eigenvalue weighted by atomic mass is 32.1. The predicted octanol–water partition coefficient (Wildman–Crippen LogP) is 13.9. The van der Waals surface area contributed by atoms with Gasteiger partial charge < -0.3 is 4.90 Å². The molecule has 0 fully saturated rings. The van der Waals surface area contributed by atoms with E-state index in [1.165, 1.54) is 91.0 Å². The molecule has 0 amide bonds. The maximum absolute atomic E-state index is 2.62. The maximum Gasteiger partial charge on any atom is 0.180 e. The molecule has 0 unspecified atom stereocenters. The number of thiophene rings is 1. The van der Waals surface area contributed by atoms with Gasteiger partial charge in [0, 0.05) is 42.6 Å². The number of rotatable bonds is 7. The zero-order chi connectivity index (χ0) is 43.1. The summed E-state index contributed by atoms with van der Waals surface area (Å²) in [5, 5.41) is 8.36. The van der Waals surface area contributed by atoms with E-state index in [2.05, 4.69) is 254 Å². The highest BCUT2D eigenvalue weighted by Gasteiger charge is 2.48. The Hall–Kier alpha value is -7.56. The van der Waals surface area contributed by atoms with Gasteiger partial charge in [-0.1, -0.05) is 200 Å². The Balaban J connectivity index is 0.951. The van der Waals surface area contributed by atoms with Crippen molar-refractivity contribution in [1.29, 1.82) is 0 Å². The van der Waals surface area contributed by atoms with Gasteiger partial charge in [-0.05, 0) is 120 Å². The molecule has 3 heteroatoms. The number of fused-ring (bicyclic) bond motifs is 9. The number of nitrogens with zero attached hydrogens (tertiary/aromatic N) is 1. The van der Waals surface area contributed by atoms with Gasteiger partial charge in [0.05, 0.1) is 0 Å². The summed E-state index contributed by atoms with van der Waals surface area (Å²) in [5.41, 5.74) is 14.9. The van der Waals surface area contributed by atoms with Crippen LogP contribution >= 0.6 is 11.3 Å². The summed E-state index contributed by atoms with van der Waals surface area (Å²) in [7, 11) is -2.62. The van der Waals surface area contributed by atoms with Crippen LogP contribution in [0.3, 0.4) is 0 Å². The minimum atomic E-state index is -2.62. The Bertz CT molecular complexity index is 3550. The summed E-state index contributed by atoms with van der Waals surface area (Å²) in [6.07, 6.45) is 0. The van der Waals surface area contributed by atoms with Crippen LogP contribution in [0.25, 0.3) is 53.6 Å². The molecule has 0 N–H and O–H groups in total.